The summed E-state index contributed by atoms with van der Waals surface area (Å²) in [7, 11) is 0. The number of anilines is 1. The Morgan fingerprint density at radius 3 is 2.83 bits per heavy atom. The summed E-state index contributed by atoms with van der Waals surface area (Å²) in [5, 5.41) is 4.22. The van der Waals surface area contributed by atoms with E-state index in [4.69, 9.17) is 5.73 Å². The molecular weight excluding hydrogens is 170 g/mol. The van der Waals surface area contributed by atoms with Gasteiger partial charge in [0, 0.05) is 6.20 Å². The predicted molar refractivity (Wildman–Crippen MR) is 52.2 cm³/mol. The molecule has 1 saturated heterocycles. The van der Waals surface area contributed by atoms with Crippen LogP contribution in [0, 0.1) is 0 Å². The minimum absolute atomic E-state index is 0.587. The Labute approximate surface area is 76.3 Å². The molecule has 2 rings (SSSR count). The van der Waals surface area contributed by atoms with Crippen molar-refractivity contribution in [3.05, 3.63) is 12.4 Å². The zero-order valence-electron chi connectivity index (χ0n) is 6.94. The van der Waals surface area contributed by atoms with Gasteiger partial charge < -0.3 is 5.73 Å². The zero-order chi connectivity index (χ0) is 8.39. The van der Waals surface area contributed by atoms with Gasteiger partial charge in [0.05, 0.1) is 17.9 Å². The highest BCUT2D eigenvalue weighted by atomic mass is 32.2. The van der Waals surface area contributed by atoms with Crippen LogP contribution in [-0.2, 0) is 0 Å². The zero-order valence-corrected chi connectivity index (χ0v) is 7.76. The first-order chi connectivity index (χ1) is 5.86. The molecule has 12 heavy (non-hydrogen) atoms. The lowest BCUT2D eigenvalue weighted by atomic mass is 10.2. The summed E-state index contributed by atoms with van der Waals surface area (Å²) in [6.07, 6.45) is 6.11. The lowest BCUT2D eigenvalue weighted by Gasteiger charge is -2.21. The smallest absolute Gasteiger partial charge is 0.0719 e. The van der Waals surface area contributed by atoms with E-state index in [1.807, 2.05) is 22.6 Å². The standard InChI is InChI=1S/C8H13N3S/c9-7-5-10-11(6-7)8-1-3-12-4-2-8/h5-6,8H,1-4,9H2. The van der Waals surface area contributed by atoms with Gasteiger partial charge in [-0.05, 0) is 24.3 Å². The number of nitrogen functional groups attached to an aromatic ring is 1. The third-order valence-corrected chi connectivity index (χ3v) is 3.24. The maximum absolute atomic E-state index is 5.60. The van der Waals surface area contributed by atoms with Crippen LogP contribution in [0.4, 0.5) is 5.69 Å². The van der Waals surface area contributed by atoms with Crippen molar-refractivity contribution in [1.29, 1.82) is 0 Å². The molecule has 2 N–H and O–H groups in total. The van der Waals surface area contributed by atoms with Gasteiger partial charge in [0.25, 0.3) is 0 Å². The van der Waals surface area contributed by atoms with Crippen LogP contribution in [-0.4, -0.2) is 21.3 Å². The van der Waals surface area contributed by atoms with Gasteiger partial charge in [-0.1, -0.05) is 0 Å². The average Bonchev–Trinajstić information content (AvgIpc) is 2.54. The lowest BCUT2D eigenvalue weighted by Crippen LogP contribution is -2.15. The van der Waals surface area contributed by atoms with Crippen molar-refractivity contribution in [1.82, 2.24) is 9.78 Å². The highest BCUT2D eigenvalue weighted by molar-refractivity contribution is 7.99. The largest absolute Gasteiger partial charge is 0.396 e. The highest BCUT2D eigenvalue weighted by Crippen LogP contribution is 2.26. The number of hydrogen-bond acceptors (Lipinski definition) is 3. The lowest BCUT2D eigenvalue weighted by molar-refractivity contribution is 0.427. The van der Waals surface area contributed by atoms with Crippen LogP contribution in [0.2, 0.25) is 0 Å². The first-order valence-electron chi connectivity index (χ1n) is 4.23. The van der Waals surface area contributed by atoms with Crippen LogP contribution >= 0.6 is 11.8 Å². The summed E-state index contributed by atoms with van der Waals surface area (Å²) >= 11 is 2.03. The van der Waals surface area contributed by atoms with Crippen molar-refractivity contribution >= 4 is 17.4 Å². The molecule has 0 aliphatic carbocycles. The quantitative estimate of drug-likeness (QED) is 0.718. The summed E-state index contributed by atoms with van der Waals surface area (Å²) < 4.78 is 2.01. The van der Waals surface area contributed by atoms with Crippen molar-refractivity contribution in [3.8, 4) is 0 Å². The predicted octanol–water partition coefficient (Wildman–Crippen LogP) is 1.53. The van der Waals surface area contributed by atoms with Gasteiger partial charge in [-0.25, -0.2) is 0 Å². The number of nitrogens with zero attached hydrogens (tertiary/aromatic N) is 2. The van der Waals surface area contributed by atoms with Crippen molar-refractivity contribution in [2.24, 2.45) is 0 Å². The van der Waals surface area contributed by atoms with Gasteiger partial charge in [-0.15, -0.1) is 0 Å². The number of thioether (sulfide) groups is 1. The Morgan fingerprint density at radius 1 is 1.50 bits per heavy atom. The van der Waals surface area contributed by atoms with Gasteiger partial charge in [-0.3, -0.25) is 4.68 Å². The summed E-state index contributed by atoms with van der Waals surface area (Å²) in [6, 6.07) is 0.587. The maximum Gasteiger partial charge on any atom is 0.0719 e. The third-order valence-electron chi connectivity index (χ3n) is 2.19. The normalized spacial score (nSPS) is 19.7. The summed E-state index contributed by atoms with van der Waals surface area (Å²) in [5.41, 5.74) is 6.37. The van der Waals surface area contributed by atoms with Gasteiger partial charge in [0.15, 0.2) is 0 Å². The number of hydrogen-bond donors (Lipinski definition) is 1. The molecule has 66 valence electrons. The Balaban J connectivity index is 2.08. The van der Waals surface area contributed by atoms with Gasteiger partial charge >= 0.3 is 0 Å². The monoisotopic (exact) mass is 183 g/mol. The molecule has 1 aromatic heterocycles. The van der Waals surface area contributed by atoms with Crippen LogP contribution < -0.4 is 5.73 Å². The van der Waals surface area contributed by atoms with E-state index in [1.165, 1.54) is 24.3 Å². The fourth-order valence-corrected chi connectivity index (χ4v) is 2.58. The minimum atomic E-state index is 0.587. The molecule has 3 nitrogen and oxygen atoms in total. The molecule has 0 saturated carbocycles. The average molecular weight is 183 g/mol. The summed E-state index contributed by atoms with van der Waals surface area (Å²) in [5.74, 6) is 2.51. The van der Waals surface area contributed by atoms with Gasteiger partial charge in [0.1, 0.15) is 0 Å². The van der Waals surface area contributed by atoms with E-state index in [2.05, 4.69) is 5.10 Å². The molecule has 0 amide bonds. The summed E-state index contributed by atoms with van der Waals surface area (Å²) in [4.78, 5) is 0. The molecule has 0 bridgehead atoms. The van der Waals surface area contributed by atoms with E-state index in [0.29, 0.717) is 6.04 Å². The molecule has 0 atom stereocenters. The highest BCUT2D eigenvalue weighted by Gasteiger charge is 2.15. The first-order valence-corrected chi connectivity index (χ1v) is 5.39. The second-order valence-corrected chi connectivity index (χ2v) is 4.32. The first kappa shape index (κ1) is 7.98. The van der Waals surface area contributed by atoms with Crippen molar-refractivity contribution in [2.45, 2.75) is 18.9 Å². The fraction of sp³-hybridized carbons (Fsp3) is 0.625. The number of rotatable bonds is 1. The van der Waals surface area contributed by atoms with E-state index in [-0.39, 0.29) is 0 Å². The maximum atomic E-state index is 5.60. The van der Waals surface area contributed by atoms with Crippen LogP contribution in [0.5, 0.6) is 0 Å². The molecule has 1 fully saturated rings. The summed E-state index contributed by atoms with van der Waals surface area (Å²) in [6.45, 7) is 0. The van der Waals surface area contributed by atoms with Crippen molar-refractivity contribution in [2.75, 3.05) is 17.2 Å². The molecule has 1 aliphatic heterocycles. The Bertz CT molecular complexity index is 253. The van der Waals surface area contributed by atoms with Gasteiger partial charge in [-0.2, -0.15) is 16.9 Å². The Kier molecular flexibility index (Phi) is 2.26. The number of aromatic nitrogens is 2. The van der Waals surface area contributed by atoms with Gasteiger partial charge in [0.2, 0.25) is 0 Å². The van der Waals surface area contributed by atoms with Crippen molar-refractivity contribution < 1.29 is 0 Å². The van der Waals surface area contributed by atoms with E-state index in [1.54, 1.807) is 6.20 Å². The Hall–Kier alpha value is -0.640. The van der Waals surface area contributed by atoms with Crippen molar-refractivity contribution in [3.63, 3.8) is 0 Å². The molecule has 0 unspecified atom stereocenters. The second-order valence-electron chi connectivity index (χ2n) is 3.10. The van der Waals surface area contributed by atoms with Crippen LogP contribution in [0.3, 0.4) is 0 Å². The molecule has 4 heteroatoms. The topological polar surface area (TPSA) is 43.8 Å². The molecular formula is C8H13N3S. The van der Waals surface area contributed by atoms with E-state index in [9.17, 15) is 0 Å². The molecule has 0 radical (unpaired) electrons. The molecule has 0 aromatic carbocycles. The molecule has 1 aromatic rings. The Morgan fingerprint density at radius 2 is 2.25 bits per heavy atom. The minimum Gasteiger partial charge on any atom is -0.396 e. The van der Waals surface area contributed by atoms with E-state index in [0.717, 1.165) is 5.69 Å². The second kappa shape index (κ2) is 3.39. The SMILES string of the molecule is Nc1cnn(C2CCSCC2)c1. The molecule has 1 aliphatic rings. The van der Waals surface area contributed by atoms with Crippen LogP contribution in [0.15, 0.2) is 12.4 Å². The van der Waals surface area contributed by atoms with Crippen LogP contribution in [0.1, 0.15) is 18.9 Å². The fourth-order valence-electron chi connectivity index (χ4n) is 1.50. The van der Waals surface area contributed by atoms with Crippen LogP contribution in [0.25, 0.3) is 0 Å². The third kappa shape index (κ3) is 1.58. The molecule has 0 spiro atoms. The number of nitrogens with two attached hydrogens (primary N) is 1. The molecule has 2 heterocycles. The van der Waals surface area contributed by atoms with E-state index >= 15 is 0 Å². The van der Waals surface area contributed by atoms with E-state index < -0.39 is 0 Å².